The van der Waals surface area contributed by atoms with Gasteiger partial charge in [-0.15, -0.1) is 0 Å². The Hall–Kier alpha value is -1.35. The minimum atomic E-state index is -3.45. The molecular weight excluding hydrogens is 322 g/mol. The van der Waals surface area contributed by atoms with Crippen LogP contribution in [0, 0.1) is 11.8 Å². The van der Waals surface area contributed by atoms with E-state index in [1.165, 1.54) is 0 Å². The smallest absolute Gasteiger partial charge is 0.160 e. The van der Waals surface area contributed by atoms with Crippen molar-refractivity contribution in [2.24, 2.45) is 0 Å². The molecule has 0 heterocycles. The highest BCUT2D eigenvalue weighted by atomic mass is 32.2. The number of hydrogen-bond acceptors (Lipinski definition) is 4. The second kappa shape index (κ2) is 7.69. The highest BCUT2D eigenvalue weighted by molar-refractivity contribution is 7.93. The van der Waals surface area contributed by atoms with E-state index in [2.05, 4.69) is 11.8 Å². The zero-order valence-electron chi connectivity index (χ0n) is 15.5. The van der Waals surface area contributed by atoms with Gasteiger partial charge in [0.05, 0.1) is 10.00 Å². The molecule has 4 nitrogen and oxygen atoms in total. The van der Waals surface area contributed by atoms with Gasteiger partial charge in [0.1, 0.15) is 0 Å². The quantitative estimate of drug-likeness (QED) is 0.666. The van der Waals surface area contributed by atoms with Crippen LogP contribution in [0.3, 0.4) is 0 Å². The van der Waals surface area contributed by atoms with E-state index >= 15 is 0 Å². The van der Waals surface area contributed by atoms with Crippen molar-refractivity contribution in [3.63, 3.8) is 0 Å². The molecule has 5 heteroatoms. The zero-order valence-corrected chi connectivity index (χ0v) is 16.3. The van der Waals surface area contributed by atoms with E-state index in [4.69, 9.17) is 0 Å². The molecule has 1 rings (SSSR count). The molecule has 0 saturated heterocycles. The molecule has 0 radical (unpaired) electrons. The minimum absolute atomic E-state index is 0.0343. The van der Waals surface area contributed by atoms with E-state index in [-0.39, 0.29) is 13.0 Å². The molecule has 0 aliphatic rings. The average molecular weight is 352 g/mol. The zero-order chi connectivity index (χ0) is 18.6. The van der Waals surface area contributed by atoms with Gasteiger partial charge in [-0.05, 0) is 53.7 Å². The van der Waals surface area contributed by atoms with Crippen LogP contribution in [0.2, 0.25) is 0 Å². The van der Waals surface area contributed by atoms with Crippen LogP contribution >= 0.6 is 0 Å². The molecule has 0 bridgehead atoms. The van der Waals surface area contributed by atoms with E-state index in [1.807, 2.05) is 51.1 Å². The third kappa shape index (κ3) is 5.62. The Morgan fingerprint density at radius 1 is 1.08 bits per heavy atom. The normalized spacial score (nSPS) is 14.2. The van der Waals surface area contributed by atoms with Crippen molar-refractivity contribution in [2.45, 2.75) is 63.5 Å². The van der Waals surface area contributed by atoms with Crippen LogP contribution in [-0.2, 0) is 9.84 Å². The summed E-state index contributed by atoms with van der Waals surface area (Å²) in [7, 11) is -3.45. The summed E-state index contributed by atoms with van der Waals surface area (Å²) in [4.78, 5) is 0. The maximum absolute atomic E-state index is 12.9. The fourth-order valence-electron chi connectivity index (χ4n) is 2.03. The molecule has 1 atom stereocenters. The molecule has 0 fully saturated rings. The first-order valence-corrected chi connectivity index (χ1v) is 9.64. The van der Waals surface area contributed by atoms with Gasteiger partial charge in [0.15, 0.2) is 9.84 Å². The summed E-state index contributed by atoms with van der Waals surface area (Å²) >= 11 is 0. The summed E-state index contributed by atoms with van der Waals surface area (Å²) < 4.78 is 24.8. The third-order valence-electron chi connectivity index (χ3n) is 3.78. The van der Waals surface area contributed by atoms with Crippen molar-refractivity contribution in [1.29, 1.82) is 0 Å². The van der Waals surface area contributed by atoms with Crippen LogP contribution < -0.4 is 0 Å². The van der Waals surface area contributed by atoms with E-state index in [0.717, 1.165) is 10.6 Å². The Morgan fingerprint density at radius 3 is 2.08 bits per heavy atom. The standard InChI is InChI=1S/C19H29NO3S/c1-18(2,3)20(21)15-17(24(22,23)19(4,5)6)14-10-13-16-11-8-7-9-12-16/h7-9,11-12,17,21H,14-15H2,1-6H3. The van der Waals surface area contributed by atoms with E-state index in [0.29, 0.717) is 0 Å². The fourth-order valence-corrected chi connectivity index (χ4v) is 3.67. The Labute approximate surface area is 146 Å². The van der Waals surface area contributed by atoms with Crippen molar-refractivity contribution < 1.29 is 13.6 Å². The van der Waals surface area contributed by atoms with Gasteiger partial charge < -0.3 is 5.21 Å². The van der Waals surface area contributed by atoms with Crippen LogP contribution in [-0.4, -0.2) is 40.8 Å². The molecule has 0 aliphatic carbocycles. The molecule has 1 aromatic carbocycles. The van der Waals surface area contributed by atoms with E-state index in [1.54, 1.807) is 20.8 Å². The lowest BCUT2D eigenvalue weighted by molar-refractivity contribution is -0.155. The maximum Gasteiger partial charge on any atom is 0.160 e. The van der Waals surface area contributed by atoms with Gasteiger partial charge in [-0.1, -0.05) is 30.0 Å². The molecule has 134 valence electrons. The van der Waals surface area contributed by atoms with Gasteiger partial charge in [0.25, 0.3) is 0 Å². The second-order valence-corrected chi connectivity index (χ2v) is 10.9. The lowest BCUT2D eigenvalue weighted by atomic mass is 10.1. The summed E-state index contributed by atoms with van der Waals surface area (Å²) in [6, 6.07) is 9.46. The first kappa shape index (κ1) is 20.7. The number of rotatable bonds is 4. The lowest BCUT2D eigenvalue weighted by Crippen LogP contribution is -2.48. The van der Waals surface area contributed by atoms with Crippen LogP contribution in [0.15, 0.2) is 30.3 Å². The average Bonchev–Trinajstić information content (AvgIpc) is 2.44. The number of benzene rings is 1. The molecule has 0 aromatic heterocycles. The van der Waals surface area contributed by atoms with Gasteiger partial charge in [-0.25, -0.2) is 8.42 Å². The number of sulfone groups is 1. The highest BCUT2D eigenvalue weighted by Gasteiger charge is 2.38. The largest absolute Gasteiger partial charge is 0.313 e. The van der Waals surface area contributed by atoms with Crippen LogP contribution in [0.5, 0.6) is 0 Å². The van der Waals surface area contributed by atoms with Gasteiger partial charge in [-0.3, -0.25) is 0 Å². The molecule has 0 amide bonds. The Balaban J connectivity index is 3.05. The van der Waals surface area contributed by atoms with Gasteiger partial charge in [0, 0.05) is 24.1 Å². The monoisotopic (exact) mass is 351 g/mol. The molecule has 1 aromatic rings. The molecule has 24 heavy (non-hydrogen) atoms. The molecular formula is C19H29NO3S. The fraction of sp³-hybridized carbons (Fsp3) is 0.579. The molecule has 0 spiro atoms. The predicted octanol–water partition coefficient (Wildman–Crippen LogP) is 3.50. The Bertz CT molecular complexity index is 686. The van der Waals surface area contributed by atoms with E-state index in [9.17, 15) is 13.6 Å². The van der Waals surface area contributed by atoms with Crippen molar-refractivity contribution in [2.75, 3.05) is 6.54 Å². The molecule has 1 unspecified atom stereocenters. The summed E-state index contributed by atoms with van der Waals surface area (Å²) in [5.41, 5.74) is 0.319. The van der Waals surface area contributed by atoms with Crippen molar-refractivity contribution in [3.05, 3.63) is 35.9 Å². The van der Waals surface area contributed by atoms with Gasteiger partial charge in [-0.2, -0.15) is 5.06 Å². The van der Waals surface area contributed by atoms with Crippen LogP contribution in [0.4, 0.5) is 0 Å². The lowest BCUT2D eigenvalue weighted by Gasteiger charge is -2.34. The Morgan fingerprint density at radius 2 is 1.62 bits per heavy atom. The third-order valence-corrected chi connectivity index (χ3v) is 6.68. The summed E-state index contributed by atoms with van der Waals surface area (Å²) in [6.07, 6.45) is 0.182. The minimum Gasteiger partial charge on any atom is -0.313 e. The highest BCUT2D eigenvalue weighted by Crippen LogP contribution is 2.25. The molecule has 1 N–H and O–H groups in total. The van der Waals surface area contributed by atoms with Crippen molar-refractivity contribution in [1.82, 2.24) is 5.06 Å². The van der Waals surface area contributed by atoms with Crippen molar-refractivity contribution in [3.8, 4) is 11.8 Å². The summed E-state index contributed by atoms with van der Waals surface area (Å²) in [6.45, 7) is 10.6. The topological polar surface area (TPSA) is 57.6 Å². The van der Waals surface area contributed by atoms with Gasteiger partial charge in [0.2, 0.25) is 0 Å². The van der Waals surface area contributed by atoms with Crippen molar-refractivity contribution >= 4 is 9.84 Å². The summed E-state index contributed by atoms with van der Waals surface area (Å²) in [5.74, 6) is 5.97. The number of nitrogens with zero attached hydrogens (tertiary/aromatic N) is 1. The first-order valence-electron chi connectivity index (χ1n) is 8.09. The molecule has 0 saturated carbocycles. The number of hydrogen-bond donors (Lipinski definition) is 1. The second-order valence-electron chi connectivity index (χ2n) is 7.90. The maximum atomic E-state index is 12.9. The predicted molar refractivity (Wildman–Crippen MR) is 98.6 cm³/mol. The van der Waals surface area contributed by atoms with E-state index < -0.39 is 25.4 Å². The van der Waals surface area contributed by atoms with Gasteiger partial charge >= 0.3 is 0 Å². The van der Waals surface area contributed by atoms with Crippen LogP contribution in [0.1, 0.15) is 53.5 Å². The summed E-state index contributed by atoms with van der Waals surface area (Å²) in [5, 5.41) is 10.6. The number of hydroxylamine groups is 2. The first-order chi connectivity index (χ1) is 10.9. The molecule has 0 aliphatic heterocycles. The SMILES string of the molecule is CC(C)(C)N(O)CC(CC#Cc1ccccc1)S(=O)(=O)C(C)(C)C. The van der Waals surface area contributed by atoms with Crippen LogP contribution in [0.25, 0.3) is 0 Å². The Kier molecular flexibility index (Phi) is 6.63.